The van der Waals surface area contributed by atoms with Crippen molar-refractivity contribution >= 4 is 28.4 Å². The molecule has 11 heteroatoms. The third-order valence-electron chi connectivity index (χ3n) is 6.62. The van der Waals surface area contributed by atoms with Crippen molar-refractivity contribution in [3.63, 3.8) is 0 Å². The summed E-state index contributed by atoms with van der Waals surface area (Å²) in [6, 6.07) is 3.89. The van der Waals surface area contributed by atoms with Crippen LogP contribution in [-0.4, -0.2) is 79.7 Å². The molecule has 2 aliphatic heterocycles. The zero-order valence-corrected chi connectivity index (χ0v) is 20.3. The van der Waals surface area contributed by atoms with Gasteiger partial charge in [-0.3, -0.25) is 4.68 Å². The van der Waals surface area contributed by atoms with E-state index in [-0.39, 0.29) is 0 Å². The van der Waals surface area contributed by atoms with Gasteiger partial charge in [0.05, 0.1) is 23.7 Å². The van der Waals surface area contributed by atoms with Crippen LogP contribution in [0.1, 0.15) is 12.8 Å². The van der Waals surface area contributed by atoms with Gasteiger partial charge in [0.25, 0.3) is 0 Å². The summed E-state index contributed by atoms with van der Waals surface area (Å²) < 4.78 is 9.94. The van der Waals surface area contributed by atoms with Crippen LogP contribution in [-0.2, 0) is 13.6 Å². The maximum absolute atomic E-state index is 6.14. The molecule has 0 aromatic carbocycles. The molecule has 0 radical (unpaired) electrons. The summed E-state index contributed by atoms with van der Waals surface area (Å²) in [6.07, 6.45) is 7.37. The van der Waals surface area contributed by atoms with Gasteiger partial charge in [0, 0.05) is 58.1 Å². The maximum atomic E-state index is 6.14. The van der Waals surface area contributed by atoms with Gasteiger partial charge in [-0.05, 0) is 32.5 Å². The van der Waals surface area contributed by atoms with Crippen LogP contribution in [0, 0.1) is 5.92 Å². The van der Waals surface area contributed by atoms with Gasteiger partial charge in [-0.2, -0.15) is 10.2 Å². The second kappa shape index (κ2) is 8.81. The predicted octanol–water partition coefficient (Wildman–Crippen LogP) is 2.54. The molecule has 6 heterocycles. The number of nitrogens with zero attached hydrogens (tertiary/aromatic N) is 9. The van der Waals surface area contributed by atoms with E-state index < -0.39 is 0 Å². The summed E-state index contributed by atoms with van der Waals surface area (Å²) in [6.45, 7) is 4.40. The van der Waals surface area contributed by atoms with Crippen molar-refractivity contribution in [1.82, 2.24) is 39.4 Å². The van der Waals surface area contributed by atoms with Gasteiger partial charge < -0.3 is 19.9 Å². The molecule has 0 aliphatic carbocycles. The Bertz CT molecular complexity index is 1360. The van der Waals surface area contributed by atoms with E-state index in [1.54, 1.807) is 17.1 Å². The molecule has 1 unspecified atom stereocenters. The molecule has 4 bridgehead atoms. The normalized spacial score (nSPS) is 17.9. The Morgan fingerprint density at radius 3 is 2.97 bits per heavy atom. The smallest absolute Gasteiger partial charge is 0.222 e. The van der Waals surface area contributed by atoms with E-state index in [1.807, 2.05) is 19.3 Å². The van der Waals surface area contributed by atoms with Crippen LogP contribution in [0.2, 0.25) is 0 Å². The Balaban J connectivity index is 1.37. The first-order valence-electron chi connectivity index (χ1n) is 12.1. The van der Waals surface area contributed by atoms with E-state index in [4.69, 9.17) is 14.8 Å². The molecule has 182 valence electrons. The lowest BCUT2D eigenvalue weighted by atomic mass is 10.1. The third-order valence-corrected chi connectivity index (χ3v) is 6.62. The van der Waals surface area contributed by atoms with E-state index in [0.29, 0.717) is 30.0 Å². The fourth-order valence-electron chi connectivity index (χ4n) is 5.04. The molecule has 0 spiro atoms. The number of hydrogen-bond donors (Lipinski definition) is 1. The average Bonchev–Trinajstić information content (AvgIpc) is 3.53. The second-order valence-electron chi connectivity index (χ2n) is 9.58. The maximum Gasteiger partial charge on any atom is 0.222 e. The predicted molar refractivity (Wildman–Crippen MR) is 134 cm³/mol. The zero-order valence-electron chi connectivity index (χ0n) is 20.3. The molecule has 6 rings (SSSR count). The van der Waals surface area contributed by atoms with Crippen LogP contribution >= 0.6 is 0 Å². The summed E-state index contributed by atoms with van der Waals surface area (Å²) in [5.74, 6) is 4.27. The molecule has 1 atom stereocenters. The molecule has 35 heavy (non-hydrogen) atoms. The van der Waals surface area contributed by atoms with E-state index in [2.05, 4.69) is 55.0 Å². The number of aromatic nitrogens is 7. The Morgan fingerprint density at radius 1 is 1.17 bits per heavy atom. The van der Waals surface area contributed by atoms with Crippen molar-refractivity contribution in [2.45, 2.75) is 19.4 Å². The minimum absolute atomic E-state index is 0.535. The lowest BCUT2D eigenvalue weighted by Gasteiger charge is -2.18. The standard InChI is InChI=1S/C24H30N10O/c1-31(2)14-16-6-9-33(15-16)23-17-12-26-21-11-19(17)34(30-23)8-4-10-35-24-18(13-27-32(24)3)22-25-7-5-20(28-21)29-22/h5,7,11-13,16H,4,6,8-10,14-15H2,1-3H3,(H,25,26,28,29). The number of aryl methyl sites for hydroxylation is 2. The molecule has 1 fully saturated rings. The average molecular weight is 475 g/mol. The summed E-state index contributed by atoms with van der Waals surface area (Å²) in [4.78, 5) is 18.5. The topological polar surface area (TPSA) is 102 Å². The Labute approximate surface area is 203 Å². The fourth-order valence-corrected chi connectivity index (χ4v) is 5.04. The molecule has 1 N–H and O–H groups in total. The summed E-state index contributed by atoms with van der Waals surface area (Å²) in [7, 11) is 6.14. The van der Waals surface area contributed by atoms with Crippen LogP contribution < -0.4 is 15.0 Å². The molecular weight excluding hydrogens is 444 g/mol. The number of ether oxygens (including phenoxy) is 1. The summed E-state index contributed by atoms with van der Waals surface area (Å²) >= 11 is 0. The second-order valence-corrected chi connectivity index (χ2v) is 9.58. The molecule has 4 aromatic heterocycles. The molecule has 0 amide bonds. The molecule has 1 saturated heterocycles. The Kier molecular flexibility index (Phi) is 5.48. The minimum atomic E-state index is 0.535. The first kappa shape index (κ1) is 21.8. The van der Waals surface area contributed by atoms with Crippen molar-refractivity contribution in [1.29, 1.82) is 0 Å². The van der Waals surface area contributed by atoms with Gasteiger partial charge in [-0.25, -0.2) is 19.6 Å². The highest BCUT2D eigenvalue weighted by Gasteiger charge is 2.27. The van der Waals surface area contributed by atoms with E-state index in [9.17, 15) is 0 Å². The SMILES string of the molecule is CN(C)CC1CCN(c2nn3c4cc(ncc24)Nc2ccnc(n2)-c2cnn(C)c2OCCC3)C1. The molecule has 0 saturated carbocycles. The van der Waals surface area contributed by atoms with Gasteiger partial charge in [-0.15, -0.1) is 0 Å². The summed E-state index contributed by atoms with van der Waals surface area (Å²) in [5, 5.41) is 13.8. The number of hydrogen-bond acceptors (Lipinski definition) is 9. The minimum Gasteiger partial charge on any atom is -0.477 e. The van der Waals surface area contributed by atoms with Crippen LogP contribution in [0.4, 0.5) is 17.5 Å². The quantitative estimate of drug-likeness (QED) is 0.480. The number of pyridine rings is 1. The van der Waals surface area contributed by atoms with Crippen LogP contribution in [0.5, 0.6) is 5.88 Å². The monoisotopic (exact) mass is 474 g/mol. The molecule has 11 nitrogen and oxygen atoms in total. The van der Waals surface area contributed by atoms with E-state index >= 15 is 0 Å². The molecular formula is C24H30N10O. The zero-order chi connectivity index (χ0) is 23.9. The highest BCUT2D eigenvalue weighted by Crippen LogP contribution is 2.33. The molecule has 2 aliphatic rings. The first-order chi connectivity index (χ1) is 17.0. The number of anilines is 3. The van der Waals surface area contributed by atoms with E-state index in [0.717, 1.165) is 60.7 Å². The third kappa shape index (κ3) is 4.16. The highest BCUT2D eigenvalue weighted by molar-refractivity contribution is 5.92. The van der Waals surface area contributed by atoms with E-state index in [1.165, 1.54) is 6.42 Å². The van der Waals surface area contributed by atoms with Crippen molar-refractivity contribution in [2.75, 3.05) is 50.6 Å². The van der Waals surface area contributed by atoms with Crippen molar-refractivity contribution < 1.29 is 4.74 Å². The summed E-state index contributed by atoms with van der Waals surface area (Å²) in [5.41, 5.74) is 1.82. The van der Waals surface area contributed by atoms with Gasteiger partial charge in [0.1, 0.15) is 17.2 Å². The lowest BCUT2D eigenvalue weighted by Crippen LogP contribution is -2.26. The van der Waals surface area contributed by atoms with Crippen LogP contribution in [0.25, 0.3) is 22.3 Å². The van der Waals surface area contributed by atoms with Crippen molar-refractivity contribution in [2.24, 2.45) is 13.0 Å². The fraction of sp³-hybridized carbons (Fsp3) is 0.458. The highest BCUT2D eigenvalue weighted by atomic mass is 16.5. The number of fused-ring (bicyclic) bond motifs is 5. The number of nitrogens with one attached hydrogen (secondary N) is 1. The first-order valence-corrected chi connectivity index (χ1v) is 12.1. The van der Waals surface area contributed by atoms with Crippen molar-refractivity contribution in [3.8, 4) is 17.3 Å². The van der Waals surface area contributed by atoms with Gasteiger partial charge in [0.2, 0.25) is 5.88 Å². The lowest BCUT2D eigenvalue weighted by molar-refractivity contribution is 0.276. The van der Waals surface area contributed by atoms with Gasteiger partial charge in [0.15, 0.2) is 11.6 Å². The van der Waals surface area contributed by atoms with Gasteiger partial charge in [-0.1, -0.05) is 0 Å². The van der Waals surface area contributed by atoms with Crippen molar-refractivity contribution in [3.05, 3.63) is 30.7 Å². The molecule has 4 aromatic rings. The largest absolute Gasteiger partial charge is 0.477 e. The van der Waals surface area contributed by atoms with Crippen LogP contribution in [0.3, 0.4) is 0 Å². The Morgan fingerprint density at radius 2 is 2.09 bits per heavy atom. The number of rotatable bonds is 3. The van der Waals surface area contributed by atoms with Crippen LogP contribution in [0.15, 0.2) is 30.7 Å². The Hall–Kier alpha value is -3.73. The van der Waals surface area contributed by atoms with Gasteiger partial charge >= 0.3 is 0 Å².